The highest BCUT2D eigenvalue weighted by Gasteiger charge is 2.52. The zero-order valence-corrected chi connectivity index (χ0v) is 19.2. The molecule has 0 unspecified atom stereocenters. The van der Waals surface area contributed by atoms with Gasteiger partial charge in [0.2, 0.25) is 0 Å². The fourth-order valence-corrected chi connectivity index (χ4v) is 7.79. The Bertz CT molecular complexity index is 1060. The number of hydrogen-bond donors (Lipinski definition) is 1. The van der Waals surface area contributed by atoms with E-state index in [-0.39, 0.29) is 0 Å². The normalized spacial score (nSPS) is 30.2. The van der Waals surface area contributed by atoms with Crippen LogP contribution >= 0.6 is 11.6 Å². The van der Waals surface area contributed by atoms with Crippen LogP contribution in [0.15, 0.2) is 54.7 Å². The van der Waals surface area contributed by atoms with E-state index in [0.29, 0.717) is 11.5 Å². The van der Waals surface area contributed by atoms with Crippen LogP contribution in [0.25, 0.3) is 10.9 Å². The summed E-state index contributed by atoms with van der Waals surface area (Å²) in [7, 11) is 0. The van der Waals surface area contributed by atoms with Crippen LogP contribution in [-0.2, 0) is 13.1 Å². The summed E-state index contributed by atoms with van der Waals surface area (Å²) in [5.74, 6) is 3.02. The maximum Gasteiger partial charge on any atom is 0.0491 e. The average Bonchev–Trinajstić information content (AvgIpc) is 3.10. The molecule has 4 bridgehead atoms. The number of fused-ring (bicyclic) bond motifs is 1. The van der Waals surface area contributed by atoms with E-state index in [1.165, 1.54) is 60.6 Å². The summed E-state index contributed by atoms with van der Waals surface area (Å²) in [5, 5.41) is 6.20. The number of aromatic nitrogens is 1. The van der Waals surface area contributed by atoms with Crippen LogP contribution in [-0.4, -0.2) is 10.6 Å². The lowest BCUT2D eigenvalue weighted by Gasteiger charge is -2.59. The molecule has 4 aliphatic rings. The molecule has 0 spiro atoms. The molecule has 3 heteroatoms. The van der Waals surface area contributed by atoms with Gasteiger partial charge in [0.15, 0.2) is 0 Å². The highest BCUT2D eigenvalue weighted by molar-refractivity contribution is 6.31. The summed E-state index contributed by atoms with van der Waals surface area (Å²) in [5.41, 5.74) is 4.41. The van der Waals surface area contributed by atoms with Gasteiger partial charge in [-0.25, -0.2) is 0 Å². The van der Waals surface area contributed by atoms with E-state index in [1.54, 1.807) is 0 Å². The Kier molecular flexibility index (Phi) is 4.92. The van der Waals surface area contributed by atoms with E-state index in [9.17, 15) is 0 Å². The monoisotopic (exact) mass is 432 g/mol. The van der Waals surface area contributed by atoms with E-state index in [4.69, 9.17) is 11.6 Å². The van der Waals surface area contributed by atoms with Crippen LogP contribution in [0.2, 0.25) is 5.02 Å². The standard InChI is InChI=1S/C28H33ClN2/c1-19(28-13-20-10-21(14-28)12-22(11-20)15-28)30-16-24-18-31(27-9-5-3-7-25(24)27)17-23-6-2-4-8-26(23)29/h2-9,18-22,30H,10-17H2,1H3/t19-,20?,21?,22?,28?/m0/s1. The number of rotatable bonds is 6. The van der Waals surface area contributed by atoms with Crippen LogP contribution in [0.3, 0.4) is 0 Å². The molecular formula is C28H33ClN2. The molecule has 162 valence electrons. The first kappa shape index (κ1) is 19.9. The van der Waals surface area contributed by atoms with Gasteiger partial charge in [-0.05, 0) is 91.9 Å². The minimum absolute atomic E-state index is 0.546. The molecule has 0 amide bonds. The third-order valence-corrected chi connectivity index (χ3v) is 9.14. The number of nitrogens with one attached hydrogen (secondary N) is 1. The van der Waals surface area contributed by atoms with Crippen molar-refractivity contribution in [1.29, 1.82) is 0 Å². The molecule has 2 nitrogen and oxygen atoms in total. The fourth-order valence-electron chi connectivity index (χ4n) is 7.59. The van der Waals surface area contributed by atoms with Crippen LogP contribution in [0.5, 0.6) is 0 Å². The van der Waals surface area contributed by atoms with E-state index in [1.807, 2.05) is 12.1 Å². The van der Waals surface area contributed by atoms with Gasteiger partial charge < -0.3 is 9.88 Å². The van der Waals surface area contributed by atoms with Crippen molar-refractivity contribution in [2.45, 2.75) is 64.6 Å². The van der Waals surface area contributed by atoms with Crippen LogP contribution in [0.4, 0.5) is 0 Å². The lowest BCUT2D eigenvalue weighted by atomic mass is 9.48. The summed E-state index contributed by atoms with van der Waals surface area (Å²) in [4.78, 5) is 0. The average molecular weight is 433 g/mol. The van der Waals surface area contributed by atoms with Crippen molar-refractivity contribution < 1.29 is 0 Å². The molecule has 1 atom stereocenters. The Balaban J connectivity index is 1.23. The number of benzene rings is 2. The first-order chi connectivity index (χ1) is 15.1. The van der Waals surface area contributed by atoms with Gasteiger partial charge in [-0.1, -0.05) is 48.0 Å². The minimum atomic E-state index is 0.546. The van der Waals surface area contributed by atoms with Crippen molar-refractivity contribution >= 4 is 22.5 Å². The Morgan fingerprint density at radius 3 is 2.29 bits per heavy atom. The summed E-state index contributed by atoms with van der Waals surface area (Å²) < 4.78 is 2.36. The fraction of sp³-hybridized carbons (Fsp3) is 0.500. The molecule has 4 saturated carbocycles. The van der Waals surface area contributed by atoms with Gasteiger partial charge in [-0.2, -0.15) is 0 Å². The van der Waals surface area contributed by atoms with Gasteiger partial charge in [0.05, 0.1) is 0 Å². The number of para-hydroxylation sites is 1. The van der Waals surface area contributed by atoms with Gasteiger partial charge >= 0.3 is 0 Å². The SMILES string of the molecule is C[C@H](NCc1cn(Cc2ccccc2Cl)c2ccccc12)C12CC3CC(CC(C3)C1)C2. The van der Waals surface area contributed by atoms with Crippen LogP contribution < -0.4 is 5.32 Å². The molecule has 7 rings (SSSR count). The summed E-state index contributed by atoms with van der Waals surface area (Å²) in [6.07, 6.45) is 11.3. The topological polar surface area (TPSA) is 17.0 Å². The maximum absolute atomic E-state index is 6.46. The molecule has 1 N–H and O–H groups in total. The van der Waals surface area contributed by atoms with Crippen molar-refractivity contribution in [3.63, 3.8) is 0 Å². The first-order valence-electron chi connectivity index (χ1n) is 12.1. The second kappa shape index (κ2) is 7.67. The van der Waals surface area contributed by atoms with E-state index in [2.05, 4.69) is 59.4 Å². The van der Waals surface area contributed by atoms with Crippen LogP contribution in [0, 0.1) is 23.2 Å². The maximum atomic E-state index is 6.46. The van der Waals surface area contributed by atoms with E-state index in [0.717, 1.165) is 35.9 Å². The van der Waals surface area contributed by atoms with Gasteiger partial charge in [-0.3, -0.25) is 0 Å². The molecule has 2 aromatic carbocycles. The third-order valence-electron chi connectivity index (χ3n) is 8.77. The molecule has 0 saturated heterocycles. The highest BCUT2D eigenvalue weighted by Crippen LogP contribution is 2.61. The largest absolute Gasteiger partial charge is 0.343 e. The predicted octanol–water partition coefficient (Wildman–Crippen LogP) is 7.04. The number of hydrogen-bond acceptors (Lipinski definition) is 1. The highest BCUT2D eigenvalue weighted by atomic mass is 35.5. The molecule has 0 radical (unpaired) electrons. The minimum Gasteiger partial charge on any atom is -0.343 e. The molecule has 0 aliphatic heterocycles. The first-order valence-corrected chi connectivity index (χ1v) is 12.5. The van der Waals surface area contributed by atoms with Crippen molar-refractivity contribution in [3.05, 3.63) is 70.9 Å². The summed E-state index contributed by atoms with van der Waals surface area (Å²) in [6.45, 7) is 4.22. The van der Waals surface area contributed by atoms with Gasteiger partial charge in [0.25, 0.3) is 0 Å². The molecular weight excluding hydrogens is 400 g/mol. The number of nitrogens with zero attached hydrogens (tertiary/aromatic N) is 1. The summed E-state index contributed by atoms with van der Waals surface area (Å²) >= 11 is 6.46. The van der Waals surface area contributed by atoms with E-state index < -0.39 is 0 Å². The van der Waals surface area contributed by atoms with Gasteiger partial charge in [0, 0.05) is 41.3 Å². The van der Waals surface area contributed by atoms with Crippen molar-refractivity contribution in [2.24, 2.45) is 23.2 Å². The molecule has 31 heavy (non-hydrogen) atoms. The molecule has 4 fully saturated rings. The zero-order valence-electron chi connectivity index (χ0n) is 18.5. The lowest BCUT2D eigenvalue weighted by Crippen LogP contribution is -2.54. The second-order valence-corrected chi connectivity index (χ2v) is 11.2. The molecule has 1 heterocycles. The van der Waals surface area contributed by atoms with Gasteiger partial charge in [-0.15, -0.1) is 0 Å². The molecule has 1 aromatic heterocycles. The third kappa shape index (κ3) is 3.52. The van der Waals surface area contributed by atoms with Crippen molar-refractivity contribution in [2.75, 3.05) is 0 Å². The predicted molar refractivity (Wildman–Crippen MR) is 129 cm³/mol. The number of halogens is 1. The zero-order chi connectivity index (χ0) is 21.0. The summed E-state index contributed by atoms with van der Waals surface area (Å²) in [6, 6.07) is 17.6. The Morgan fingerprint density at radius 2 is 1.58 bits per heavy atom. The quantitative estimate of drug-likeness (QED) is 0.442. The van der Waals surface area contributed by atoms with E-state index >= 15 is 0 Å². The second-order valence-electron chi connectivity index (χ2n) is 10.8. The van der Waals surface area contributed by atoms with Crippen LogP contribution in [0.1, 0.15) is 56.6 Å². The molecule has 3 aromatic rings. The Hall–Kier alpha value is -1.77. The lowest BCUT2D eigenvalue weighted by molar-refractivity contribution is -0.0706. The Morgan fingerprint density at radius 1 is 0.935 bits per heavy atom. The van der Waals surface area contributed by atoms with Gasteiger partial charge in [0.1, 0.15) is 0 Å². The Labute approximate surface area is 191 Å². The smallest absolute Gasteiger partial charge is 0.0491 e. The van der Waals surface area contributed by atoms with Crippen molar-refractivity contribution in [1.82, 2.24) is 9.88 Å². The van der Waals surface area contributed by atoms with Crippen molar-refractivity contribution in [3.8, 4) is 0 Å². The molecule has 4 aliphatic carbocycles.